The molecule has 1 atom stereocenters. The fraction of sp³-hybridized carbons (Fsp3) is 0.667. The van der Waals surface area contributed by atoms with Gasteiger partial charge in [0.1, 0.15) is 5.02 Å². The van der Waals surface area contributed by atoms with Crippen molar-refractivity contribution in [1.82, 2.24) is 10.3 Å². The van der Waals surface area contributed by atoms with Gasteiger partial charge in [-0.1, -0.05) is 32.4 Å². The summed E-state index contributed by atoms with van der Waals surface area (Å²) in [6.45, 7) is 10.3. The number of hydrogen-bond donors (Lipinski definition) is 1. The smallest absolute Gasteiger partial charge is 0.232 e. The monoisotopic (exact) mass is 284 g/mol. The molecule has 3 nitrogen and oxygen atoms in total. The van der Waals surface area contributed by atoms with Crippen molar-refractivity contribution in [2.45, 2.75) is 53.2 Å². The largest absolute Gasteiger partial charge is 0.474 e. The molecule has 0 amide bonds. The average Bonchev–Trinajstić information content (AvgIpc) is 2.32. The lowest BCUT2D eigenvalue weighted by Gasteiger charge is -2.17. The van der Waals surface area contributed by atoms with Crippen LogP contribution in [0.2, 0.25) is 5.02 Å². The molecule has 0 bridgehead atoms. The zero-order valence-electron chi connectivity index (χ0n) is 12.4. The summed E-state index contributed by atoms with van der Waals surface area (Å²) in [6, 6.07) is 1.93. The van der Waals surface area contributed by atoms with Crippen molar-refractivity contribution in [1.29, 1.82) is 0 Å². The summed E-state index contributed by atoms with van der Waals surface area (Å²) in [5, 5.41) is 3.91. The van der Waals surface area contributed by atoms with Crippen molar-refractivity contribution in [3.05, 3.63) is 22.8 Å². The summed E-state index contributed by atoms with van der Waals surface area (Å²) in [4.78, 5) is 4.31. The van der Waals surface area contributed by atoms with Gasteiger partial charge < -0.3 is 10.1 Å². The van der Waals surface area contributed by atoms with E-state index in [2.05, 4.69) is 38.0 Å². The zero-order valence-corrected chi connectivity index (χ0v) is 13.1. The van der Waals surface area contributed by atoms with Gasteiger partial charge in [0.25, 0.3) is 0 Å². The van der Waals surface area contributed by atoms with Crippen LogP contribution in [0.4, 0.5) is 0 Å². The van der Waals surface area contributed by atoms with E-state index in [4.69, 9.17) is 16.3 Å². The zero-order chi connectivity index (χ0) is 14.3. The molecule has 1 aromatic rings. The molecule has 0 spiro atoms. The minimum Gasteiger partial charge on any atom is -0.474 e. The van der Waals surface area contributed by atoms with Crippen molar-refractivity contribution >= 4 is 11.6 Å². The number of aromatic nitrogens is 1. The van der Waals surface area contributed by atoms with E-state index in [0.717, 1.165) is 31.5 Å². The maximum atomic E-state index is 6.21. The molecule has 0 aliphatic rings. The number of ether oxygens (including phenoxy) is 1. The maximum absolute atomic E-state index is 6.21. The first-order valence-corrected chi connectivity index (χ1v) is 7.42. The van der Waals surface area contributed by atoms with Crippen molar-refractivity contribution < 1.29 is 4.74 Å². The van der Waals surface area contributed by atoms with Crippen LogP contribution in [0.25, 0.3) is 0 Å². The molecule has 0 aliphatic heterocycles. The maximum Gasteiger partial charge on any atom is 0.232 e. The molecule has 0 fully saturated rings. The molecule has 0 radical (unpaired) electrons. The van der Waals surface area contributed by atoms with Crippen molar-refractivity contribution in [2.75, 3.05) is 6.54 Å². The standard InChI is InChI=1S/C15H25ClN2O/c1-5-6-17-9-13-8-14(16)15(18-10-13)19-12(4)7-11(2)3/h8,10-12,17H,5-7,9H2,1-4H3. The Morgan fingerprint density at radius 2 is 2.11 bits per heavy atom. The van der Waals surface area contributed by atoms with Gasteiger partial charge in [-0.25, -0.2) is 4.98 Å². The topological polar surface area (TPSA) is 34.2 Å². The molecule has 4 heteroatoms. The number of pyridine rings is 1. The predicted octanol–water partition coefficient (Wildman–Crippen LogP) is 4.05. The quantitative estimate of drug-likeness (QED) is 0.731. The number of rotatable bonds is 8. The summed E-state index contributed by atoms with van der Waals surface area (Å²) >= 11 is 6.21. The Labute approximate surface area is 121 Å². The van der Waals surface area contributed by atoms with Crippen LogP contribution < -0.4 is 10.1 Å². The van der Waals surface area contributed by atoms with E-state index in [0.29, 0.717) is 16.8 Å². The molecule has 0 aromatic carbocycles. The van der Waals surface area contributed by atoms with Crippen LogP contribution in [0.5, 0.6) is 5.88 Å². The highest BCUT2D eigenvalue weighted by atomic mass is 35.5. The number of nitrogens with one attached hydrogen (secondary N) is 1. The van der Waals surface area contributed by atoms with Crippen LogP contribution in [-0.2, 0) is 6.54 Å². The molecular weight excluding hydrogens is 260 g/mol. The van der Waals surface area contributed by atoms with E-state index in [1.165, 1.54) is 0 Å². The van der Waals surface area contributed by atoms with Gasteiger partial charge in [0.05, 0.1) is 6.10 Å². The van der Waals surface area contributed by atoms with Crippen molar-refractivity contribution in [2.24, 2.45) is 5.92 Å². The highest BCUT2D eigenvalue weighted by molar-refractivity contribution is 6.31. The average molecular weight is 285 g/mol. The van der Waals surface area contributed by atoms with Gasteiger partial charge in [-0.05, 0) is 43.9 Å². The Bertz CT molecular complexity index is 382. The van der Waals surface area contributed by atoms with Crippen LogP contribution in [0, 0.1) is 5.92 Å². The molecule has 1 rings (SSSR count). The first kappa shape index (κ1) is 16.3. The van der Waals surface area contributed by atoms with Gasteiger partial charge in [-0.3, -0.25) is 0 Å². The van der Waals surface area contributed by atoms with E-state index in [1.807, 2.05) is 12.3 Å². The minimum absolute atomic E-state index is 0.133. The molecule has 0 aliphatic carbocycles. The van der Waals surface area contributed by atoms with Crippen molar-refractivity contribution in [3.63, 3.8) is 0 Å². The summed E-state index contributed by atoms with van der Waals surface area (Å²) in [5.41, 5.74) is 1.09. The fourth-order valence-corrected chi connectivity index (χ4v) is 2.19. The van der Waals surface area contributed by atoms with Gasteiger partial charge in [0.15, 0.2) is 0 Å². The van der Waals surface area contributed by atoms with Crippen LogP contribution in [0.15, 0.2) is 12.3 Å². The van der Waals surface area contributed by atoms with Gasteiger partial charge in [-0.15, -0.1) is 0 Å². The normalized spacial score (nSPS) is 12.7. The lowest BCUT2D eigenvalue weighted by Crippen LogP contribution is -2.16. The molecule has 1 heterocycles. The van der Waals surface area contributed by atoms with Crippen molar-refractivity contribution in [3.8, 4) is 5.88 Å². The van der Waals surface area contributed by atoms with E-state index < -0.39 is 0 Å². The second-order valence-electron chi connectivity index (χ2n) is 5.37. The van der Waals surface area contributed by atoms with E-state index in [-0.39, 0.29) is 6.10 Å². The van der Waals surface area contributed by atoms with E-state index in [9.17, 15) is 0 Å². The lowest BCUT2D eigenvalue weighted by atomic mass is 10.1. The third kappa shape index (κ3) is 6.26. The number of hydrogen-bond acceptors (Lipinski definition) is 3. The SMILES string of the molecule is CCCNCc1cnc(OC(C)CC(C)C)c(Cl)c1. The molecule has 0 saturated carbocycles. The van der Waals surface area contributed by atoms with Gasteiger partial charge in [0.2, 0.25) is 5.88 Å². The van der Waals surface area contributed by atoms with Crippen LogP contribution in [0.3, 0.4) is 0 Å². The highest BCUT2D eigenvalue weighted by Gasteiger charge is 2.11. The van der Waals surface area contributed by atoms with Crippen LogP contribution in [0.1, 0.15) is 46.1 Å². The van der Waals surface area contributed by atoms with Gasteiger partial charge in [0, 0.05) is 12.7 Å². The van der Waals surface area contributed by atoms with Crippen LogP contribution in [-0.4, -0.2) is 17.6 Å². The summed E-state index contributed by atoms with van der Waals surface area (Å²) in [7, 11) is 0. The summed E-state index contributed by atoms with van der Waals surface area (Å²) in [6.07, 6.45) is 4.08. The Balaban J connectivity index is 2.56. The minimum atomic E-state index is 0.133. The third-order valence-electron chi connectivity index (χ3n) is 2.74. The van der Waals surface area contributed by atoms with Gasteiger partial charge >= 0.3 is 0 Å². The Hall–Kier alpha value is -0.800. The summed E-state index contributed by atoms with van der Waals surface area (Å²) in [5.74, 6) is 1.14. The molecule has 1 N–H and O–H groups in total. The van der Waals surface area contributed by atoms with E-state index in [1.54, 1.807) is 0 Å². The van der Waals surface area contributed by atoms with E-state index >= 15 is 0 Å². The first-order chi connectivity index (χ1) is 9.02. The summed E-state index contributed by atoms with van der Waals surface area (Å²) < 4.78 is 5.77. The molecule has 1 aromatic heterocycles. The second kappa shape index (κ2) is 8.39. The fourth-order valence-electron chi connectivity index (χ4n) is 1.96. The Kier molecular flexibility index (Phi) is 7.17. The lowest BCUT2D eigenvalue weighted by molar-refractivity contribution is 0.186. The molecule has 0 saturated heterocycles. The predicted molar refractivity (Wildman–Crippen MR) is 80.8 cm³/mol. The molecule has 1 unspecified atom stereocenters. The molecule has 19 heavy (non-hydrogen) atoms. The highest BCUT2D eigenvalue weighted by Crippen LogP contribution is 2.24. The van der Waals surface area contributed by atoms with Crippen LogP contribution >= 0.6 is 11.6 Å². The number of nitrogens with zero attached hydrogens (tertiary/aromatic N) is 1. The third-order valence-corrected chi connectivity index (χ3v) is 3.01. The molecular formula is C15H25ClN2O. The number of halogens is 1. The Morgan fingerprint density at radius 1 is 1.37 bits per heavy atom. The second-order valence-corrected chi connectivity index (χ2v) is 5.77. The van der Waals surface area contributed by atoms with Gasteiger partial charge in [-0.2, -0.15) is 0 Å². The molecule has 108 valence electrons. The Morgan fingerprint density at radius 3 is 2.68 bits per heavy atom. The first-order valence-electron chi connectivity index (χ1n) is 7.04.